The average Bonchev–Trinajstić information content (AvgIpc) is 3.99. The molecule has 1 spiro atoms. The summed E-state index contributed by atoms with van der Waals surface area (Å²) < 4.78 is 0. The molecule has 5 rings (SSSR count). The van der Waals surface area contributed by atoms with Crippen LogP contribution < -0.4 is 65.9 Å². The van der Waals surface area contributed by atoms with Crippen LogP contribution in [0.4, 0.5) is 0 Å². The molecule has 3 aliphatic rings. The lowest BCUT2D eigenvalue weighted by Crippen LogP contribution is -2.65. The van der Waals surface area contributed by atoms with Crippen LogP contribution in [0.2, 0.25) is 0 Å². The number of primary amides is 2. The molecule has 0 radical (unpaired) electrons. The second-order valence-corrected chi connectivity index (χ2v) is 21.0. The second kappa shape index (κ2) is 26.7. The Bertz CT molecular complexity index is 2380. The Morgan fingerprint density at radius 2 is 1.44 bits per heavy atom. The van der Waals surface area contributed by atoms with E-state index in [2.05, 4.69) is 42.2 Å². The number of nitrogens with two attached hydrogens (primary N) is 5. The predicted octanol–water partition coefficient (Wildman–Crippen LogP) is -3.79. The molecule has 2 saturated heterocycles. The molecular formula is C47H66N14O10S2. The van der Waals surface area contributed by atoms with Gasteiger partial charge in [-0.05, 0) is 48.3 Å². The van der Waals surface area contributed by atoms with E-state index in [1.54, 1.807) is 44.2 Å². The van der Waals surface area contributed by atoms with Crippen LogP contribution in [0.5, 0.6) is 0 Å². The van der Waals surface area contributed by atoms with E-state index in [9.17, 15) is 47.9 Å². The first kappa shape index (κ1) is 57.0. The quantitative estimate of drug-likeness (QED) is 0.0352. The van der Waals surface area contributed by atoms with Crippen molar-refractivity contribution in [2.75, 3.05) is 31.1 Å². The fourth-order valence-corrected chi connectivity index (χ4v) is 10.9. The summed E-state index contributed by atoms with van der Waals surface area (Å²) in [5.41, 5.74) is 28.8. The largest absolute Gasteiger partial charge is 0.370 e. The molecule has 0 bridgehead atoms. The highest BCUT2D eigenvalue weighted by molar-refractivity contribution is 8.76. The molecular weight excluding hydrogens is 985 g/mol. The molecule has 17 N–H and O–H groups in total. The van der Waals surface area contributed by atoms with Gasteiger partial charge in [-0.25, -0.2) is 0 Å². The highest BCUT2D eigenvalue weighted by Gasteiger charge is 2.47. The van der Waals surface area contributed by atoms with E-state index >= 15 is 0 Å². The molecule has 2 aromatic rings. The van der Waals surface area contributed by atoms with E-state index in [0.29, 0.717) is 12.0 Å². The van der Waals surface area contributed by atoms with E-state index in [4.69, 9.17) is 28.7 Å². The molecule has 2 heterocycles. The lowest BCUT2D eigenvalue weighted by atomic mass is 9.92. The van der Waals surface area contributed by atoms with Gasteiger partial charge in [-0.1, -0.05) is 90.0 Å². The number of carbonyl (C=O) groups excluding carboxylic acids is 10. The van der Waals surface area contributed by atoms with E-state index in [0.717, 1.165) is 32.7 Å². The number of amides is 10. The van der Waals surface area contributed by atoms with Crippen molar-refractivity contribution in [1.29, 1.82) is 0 Å². The average molecular weight is 1050 g/mol. The summed E-state index contributed by atoms with van der Waals surface area (Å²) in [7, 11) is 2.14. The minimum absolute atomic E-state index is 0.0234. The fourth-order valence-electron chi connectivity index (χ4n) is 8.67. The first-order valence-electron chi connectivity index (χ1n) is 23.8. The topological polar surface area (TPSA) is 401 Å². The van der Waals surface area contributed by atoms with Crippen LogP contribution in [0.25, 0.3) is 0 Å². The number of fused-ring (bicyclic) bond motifs is 1. The molecule has 10 amide bonds. The van der Waals surface area contributed by atoms with Gasteiger partial charge in [0.1, 0.15) is 41.8 Å². The Balaban J connectivity index is 1.46. The van der Waals surface area contributed by atoms with Crippen LogP contribution in [0.1, 0.15) is 62.6 Å². The van der Waals surface area contributed by atoms with Crippen LogP contribution in [0, 0.1) is 5.92 Å². The van der Waals surface area contributed by atoms with Crippen LogP contribution in [0.3, 0.4) is 0 Å². The van der Waals surface area contributed by atoms with Crippen molar-refractivity contribution in [2.24, 2.45) is 39.6 Å². The smallest absolute Gasteiger partial charge is 0.247 e. The number of likely N-dealkylation sites (tertiary alicyclic amines) is 1. The van der Waals surface area contributed by atoms with Gasteiger partial charge in [0.15, 0.2) is 5.96 Å². The number of nitrogens with one attached hydrogen (secondary N) is 7. The molecule has 0 unspecified atom stereocenters. The molecule has 1 aliphatic carbocycles. The number of rotatable bonds is 15. The first-order valence-corrected chi connectivity index (χ1v) is 26.3. The molecule has 73 heavy (non-hydrogen) atoms. The molecule has 0 saturated carbocycles. The number of benzene rings is 2. The van der Waals surface area contributed by atoms with E-state index in [-0.39, 0.29) is 69.1 Å². The van der Waals surface area contributed by atoms with Gasteiger partial charge in [-0.3, -0.25) is 52.9 Å². The summed E-state index contributed by atoms with van der Waals surface area (Å²) in [4.78, 5) is 142. The van der Waals surface area contributed by atoms with E-state index in [1.165, 1.54) is 4.90 Å². The van der Waals surface area contributed by atoms with Gasteiger partial charge in [-0.15, -0.1) is 0 Å². The lowest BCUT2D eigenvalue weighted by molar-refractivity contribution is -0.142. The summed E-state index contributed by atoms with van der Waals surface area (Å²) >= 11 is 0. The Morgan fingerprint density at radius 3 is 2.07 bits per heavy atom. The highest BCUT2D eigenvalue weighted by atomic mass is 33.1. The Morgan fingerprint density at radius 1 is 0.795 bits per heavy atom. The summed E-state index contributed by atoms with van der Waals surface area (Å²) in [6.07, 6.45) is 0.184. The minimum atomic E-state index is -1.67. The standard InChI is InChI=1S/C47H66N14O10S2/c1-25(2)37-43(69)56-32(19-35(49)62)40(66)57-33(44(70)61-17-9-15-34(61)42(68)55-30(14-8-16-53-46(51)52)39(65)54-22-36(50)63)24-73-72-23-29(48)38(64)60-47(20-27-12-6-7-13-28(27)21-47)45(71)58-31(41(67)59-37)18-26-10-4-3-5-11-26/h3-7,10-13,25,29-34,37H,8-9,14-24,48H2,1-2H3,(H2,49,62)(H2,50,63)(H,54,65)(H,55,68)(H,56,69)(H,57,66)(H,58,71)(H,59,67)(H,60,64)(H4,51,52,53)/t29-,30-,31-,32-,33-,34-,37-/m0/s1. The summed E-state index contributed by atoms with van der Waals surface area (Å²) in [6.45, 7) is 2.93. The normalized spacial score (nSPS) is 23.3. The number of hydrogen-bond acceptors (Lipinski definition) is 14. The Hall–Kier alpha value is -6.93. The van der Waals surface area contributed by atoms with E-state index < -0.39 is 126 Å². The van der Waals surface area contributed by atoms with Crippen molar-refractivity contribution in [3.63, 3.8) is 0 Å². The van der Waals surface area contributed by atoms with Crippen LogP contribution >= 0.6 is 21.6 Å². The van der Waals surface area contributed by atoms with Crippen molar-refractivity contribution in [1.82, 2.24) is 42.1 Å². The van der Waals surface area contributed by atoms with Crippen molar-refractivity contribution in [3.05, 3.63) is 71.3 Å². The van der Waals surface area contributed by atoms with Gasteiger partial charge < -0.3 is 70.8 Å². The fraction of sp³-hybridized carbons (Fsp3) is 0.511. The van der Waals surface area contributed by atoms with Gasteiger partial charge in [0.05, 0.1) is 19.0 Å². The van der Waals surface area contributed by atoms with Crippen molar-refractivity contribution >= 4 is 86.6 Å². The zero-order chi connectivity index (χ0) is 53.4. The Labute approximate surface area is 430 Å². The summed E-state index contributed by atoms with van der Waals surface area (Å²) in [5, 5.41) is 18.7. The zero-order valence-corrected chi connectivity index (χ0v) is 42.3. The number of nitrogens with zero attached hydrogens (tertiary/aromatic N) is 2. The molecule has 24 nitrogen and oxygen atoms in total. The van der Waals surface area contributed by atoms with Crippen LogP contribution in [-0.4, -0.2) is 149 Å². The third-order valence-electron chi connectivity index (χ3n) is 12.5. The zero-order valence-electron chi connectivity index (χ0n) is 40.7. The number of carbonyl (C=O) groups is 10. The van der Waals surface area contributed by atoms with Gasteiger partial charge in [0.2, 0.25) is 59.1 Å². The van der Waals surface area contributed by atoms with Crippen molar-refractivity contribution in [2.45, 2.75) is 113 Å². The number of aliphatic imine (C=N–C) groups is 1. The summed E-state index contributed by atoms with van der Waals surface area (Å²) in [5.74, 6) is -9.03. The predicted molar refractivity (Wildman–Crippen MR) is 273 cm³/mol. The van der Waals surface area contributed by atoms with Crippen LogP contribution in [0.15, 0.2) is 59.6 Å². The van der Waals surface area contributed by atoms with Gasteiger partial charge >= 0.3 is 0 Å². The SMILES string of the molecule is CC(C)[C@@H]1NC(=O)[C@H](Cc2ccccc2)NC(=O)C2(Cc3ccccc3C2)NC(=O)[C@@H](N)CSSC[C@@H](C(=O)N2CCC[C@H]2C(=O)N[C@@H](CCCN=C(N)N)C(=O)NCC(N)=O)NC(=O)[C@H](CC(N)=O)NC1=O. The number of hydrogen-bond donors (Lipinski definition) is 12. The highest BCUT2D eigenvalue weighted by Crippen LogP contribution is 2.32. The molecule has 2 aliphatic heterocycles. The molecule has 26 heteroatoms. The third-order valence-corrected chi connectivity index (χ3v) is 14.9. The van der Waals surface area contributed by atoms with Crippen LogP contribution in [-0.2, 0) is 67.2 Å². The van der Waals surface area contributed by atoms with Gasteiger partial charge in [0.25, 0.3) is 0 Å². The molecule has 2 aromatic carbocycles. The van der Waals surface area contributed by atoms with Crippen molar-refractivity contribution in [3.8, 4) is 0 Å². The van der Waals surface area contributed by atoms with Crippen molar-refractivity contribution < 1.29 is 47.9 Å². The molecule has 396 valence electrons. The maximum absolute atomic E-state index is 14.7. The van der Waals surface area contributed by atoms with E-state index in [1.807, 2.05) is 24.3 Å². The third kappa shape index (κ3) is 16.3. The second-order valence-electron chi connectivity index (χ2n) is 18.5. The molecule has 7 atom stereocenters. The lowest BCUT2D eigenvalue weighted by Gasteiger charge is -2.33. The molecule has 2 fully saturated rings. The van der Waals surface area contributed by atoms with Gasteiger partial charge in [0, 0.05) is 43.9 Å². The first-order chi connectivity index (χ1) is 34.7. The maximum atomic E-state index is 14.7. The number of guanidine groups is 1. The minimum Gasteiger partial charge on any atom is -0.370 e. The molecule has 0 aromatic heterocycles. The maximum Gasteiger partial charge on any atom is 0.247 e. The monoisotopic (exact) mass is 1050 g/mol. The Kier molecular flexibility index (Phi) is 20.8. The van der Waals surface area contributed by atoms with Gasteiger partial charge in [-0.2, -0.15) is 0 Å². The summed E-state index contributed by atoms with van der Waals surface area (Å²) in [6, 6.07) is 6.86.